The lowest BCUT2D eigenvalue weighted by atomic mass is 10.2. The van der Waals surface area contributed by atoms with E-state index in [1.807, 2.05) is 0 Å². The molecule has 0 aliphatic heterocycles. The van der Waals surface area contributed by atoms with Gasteiger partial charge >= 0.3 is 6.09 Å². The van der Waals surface area contributed by atoms with Crippen LogP contribution in [0.4, 0.5) is 4.79 Å². The van der Waals surface area contributed by atoms with E-state index in [2.05, 4.69) is 10.6 Å². The Morgan fingerprint density at radius 2 is 1.88 bits per heavy atom. The number of hydrogen-bond donors (Lipinski definition) is 2. The fourth-order valence-corrected chi connectivity index (χ4v) is 1.10. The average Bonchev–Trinajstić information content (AvgIpc) is 2.83. The van der Waals surface area contributed by atoms with Crippen molar-refractivity contribution in [2.75, 3.05) is 0 Å². The van der Waals surface area contributed by atoms with Crippen LogP contribution in [0.3, 0.4) is 0 Å². The van der Waals surface area contributed by atoms with E-state index in [-0.39, 0.29) is 5.91 Å². The molecule has 0 aromatic rings. The van der Waals surface area contributed by atoms with Gasteiger partial charge in [-0.1, -0.05) is 0 Å². The second kappa shape index (κ2) is 4.72. The molecule has 2 N–H and O–H groups in total. The van der Waals surface area contributed by atoms with Gasteiger partial charge in [-0.3, -0.25) is 4.79 Å². The van der Waals surface area contributed by atoms with Crippen molar-refractivity contribution < 1.29 is 14.3 Å². The van der Waals surface area contributed by atoms with Gasteiger partial charge in [0.2, 0.25) is 5.91 Å². The lowest BCUT2D eigenvalue weighted by molar-refractivity contribution is -0.122. The molecule has 16 heavy (non-hydrogen) atoms. The van der Waals surface area contributed by atoms with Gasteiger partial charge in [-0.25, -0.2) is 4.79 Å². The van der Waals surface area contributed by atoms with Gasteiger partial charge in [0.15, 0.2) is 0 Å². The Labute approximate surface area is 95.9 Å². The molecule has 1 atom stereocenters. The van der Waals surface area contributed by atoms with E-state index in [9.17, 15) is 9.59 Å². The third-order valence-corrected chi connectivity index (χ3v) is 2.05. The Morgan fingerprint density at radius 3 is 2.31 bits per heavy atom. The van der Waals surface area contributed by atoms with Crippen molar-refractivity contribution in [1.29, 1.82) is 0 Å². The predicted molar refractivity (Wildman–Crippen MR) is 60.0 cm³/mol. The van der Waals surface area contributed by atoms with Gasteiger partial charge in [0.05, 0.1) is 0 Å². The first-order valence-electron chi connectivity index (χ1n) is 5.58. The van der Waals surface area contributed by atoms with Crippen LogP contribution in [0.5, 0.6) is 0 Å². The minimum absolute atomic E-state index is 0.159. The highest BCUT2D eigenvalue weighted by Crippen LogP contribution is 2.18. The number of alkyl carbamates (subject to hydrolysis) is 1. The van der Waals surface area contributed by atoms with Gasteiger partial charge in [-0.15, -0.1) is 0 Å². The summed E-state index contributed by atoms with van der Waals surface area (Å²) in [4.78, 5) is 22.9. The largest absolute Gasteiger partial charge is 0.444 e. The average molecular weight is 228 g/mol. The van der Waals surface area contributed by atoms with Crippen LogP contribution in [0.2, 0.25) is 0 Å². The van der Waals surface area contributed by atoms with E-state index in [1.165, 1.54) is 0 Å². The molecule has 1 fully saturated rings. The third-order valence-electron chi connectivity index (χ3n) is 2.05. The van der Waals surface area contributed by atoms with Crippen molar-refractivity contribution in [3.63, 3.8) is 0 Å². The van der Waals surface area contributed by atoms with Crippen LogP contribution in [-0.4, -0.2) is 29.7 Å². The summed E-state index contributed by atoms with van der Waals surface area (Å²) in [6.07, 6.45) is 1.50. The Hall–Kier alpha value is -1.26. The molecule has 0 spiro atoms. The summed E-state index contributed by atoms with van der Waals surface area (Å²) in [6.45, 7) is 6.98. The zero-order valence-electron chi connectivity index (χ0n) is 10.3. The quantitative estimate of drug-likeness (QED) is 0.762. The smallest absolute Gasteiger partial charge is 0.408 e. The lowest BCUT2D eigenvalue weighted by Crippen LogP contribution is -2.47. The molecule has 2 amide bonds. The molecule has 1 saturated carbocycles. The highest BCUT2D eigenvalue weighted by Gasteiger charge is 2.27. The maximum Gasteiger partial charge on any atom is 0.408 e. The SMILES string of the molecule is CC(NC(=O)OC(C)(C)C)C(=O)NC1CC1. The summed E-state index contributed by atoms with van der Waals surface area (Å²) in [5.74, 6) is -0.159. The molecule has 1 rings (SSSR count). The molecular formula is C11H20N2O3. The van der Waals surface area contributed by atoms with Crippen LogP contribution < -0.4 is 10.6 Å². The van der Waals surface area contributed by atoms with Crippen LogP contribution in [0.25, 0.3) is 0 Å². The molecule has 0 aromatic heterocycles. The second-order valence-electron chi connectivity index (χ2n) is 5.15. The zero-order valence-corrected chi connectivity index (χ0v) is 10.3. The van der Waals surface area contributed by atoms with Gasteiger partial charge < -0.3 is 15.4 Å². The van der Waals surface area contributed by atoms with Crippen molar-refractivity contribution in [2.45, 2.75) is 58.2 Å². The molecule has 1 unspecified atom stereocenters. The van der Waals surface area contributed by atoms with Crippen LogP contribution >= 0.6 is 0 Å². The monoisotopic (exact) mass is 228 g/mol. The first-order valence-corrected chi connectivity index (χ1v) is 5.58. The van der Waals surface area contributed by atoms with E-state index < -0.39 is 17.7 Å². The molecule has 1 aliphatic carbocycles. The molecule has 0 radical (unpaired) electrons. The van der Waals surface area contributed by atoms with E-state index >= 15 is 0 Å². The van der Waals surface area contributed by atoms with E-state index in [0.717, 1.165) is 12.8 Å². The molecule has 0 heterocycles. The number of carbonyl (C=O) groups excluding carboxylic acids is 2. The van der Waals surface area contributed by atoms with Crippen molar-refractivity contribution in [2.24, 2.45) is 0 Å². The number of nitrogens with one attached hydrogen (secondary N) is 2. The van der Waals surface area contributed by atoms with Crippen LogP contribution in [0, 0.1) is 0 Å². The first-order chi connectivity index (χ1) is 7.28. The number of ether oxygens (including phenoxy) is 1. The van der Waals surface area contributed by atoms with Gasteiger partial charge in [-0.2, -0.15) is 0 Å². The van der Waals surface area contributed by atoms with Crippen molar-refractivity contribution in [3.05, 3.63) is 0 Å². The second-order valence-corrected chi connectivity index (χ2v) is 5.15. The van der Waals surface area contributed by atoms with E-state index in [4.69, 9.17) is 4.74 Å². The highest BCUT2D eigenvalue weighted by atomic mass is 16.6. The molecule has 1 aliphatic rings. The number of rotatable bonds is 3. The first kappa shape index (κ1) is 12.8. The van der Waals surface area contributed by atoms with E-state index in [0.29, 0.717) is 6.04 Å². The van der Waals surface area contributed by atoms with Gasteiger partial charge in [0.1, 0.15) is 11.6 Å². The predicted octanol–water partition coefficient (Wildman–Crippen LogP) is 1.18. The maximum absolute atomic E-state index is 11.5. The van der Waals surface area contributed by atoms with Crippen LogP contribution in [0.15, 0.2) is 0 Å². The Morgan fingerprint density at radius 1 is 1.31 bits per heavy atom. The lowest BCUT2D eigenvalue weighted by Gasteiger charge is -2.21. The fourth-order valence-electron chi connectivity index (χ4n) is 1.10. The minimum atomic E-state index is -0.564. The Bertz CT molecular complexity index is 279. The number of hydrogen-bond acceptors (Lipinski definition) is 3. The Balaban J connectivity index is 2.29. The summed E-state index contributed by atoms with van der Waals surface area (Å²) in [5, 5.41) is 5.31. The molecule has 0 bridgehead atoms. The van der Waals surface area contributed by atoms with Crippen molar-refractivity contribution in [3.8, 4) is 0 Å². The molecular weight excluding hydrogens is 208 g/mol. The standard InChI is InChI=1S/C11H20N2O3/c1-7(9(14)13-8-5-6-8)12-10(15)16-11(2,3)4/h7-8H,5-6H2,1-4H3,(H,12,15)(H,13,14). The number of carbonyl (C=O) groups is 2. The third kappa shape index (κ3) is 5.00. The molecule has 0 aromatic carbocycles. The van der Waals surface area contributed by atoms with Crippen molar-refractivity contribution >= 4 is 12.0 Å². The number of amides is 2. The van der Waals surface area contributed by atoms with E-state index in [1.54, 1.807) is 27.7 Å². The molecule has 5 nitrogen and oxygen atoms in total. The molecule has 92 valence electrons. The highest BCUT2D eigenvalue weighted by molar-refractivity contribution is 5.85. The normalized spacial score (nSPS) is 17.5. The van der Waals surface area contributed by atoms with Gasteiger partial charge in [0, 0.05) is 6.04 Å². The summed E-state index contributed by atoms with van der Waals surface area (Å²) in [7, 11) is 0. The fraction of sp³-hybridized carbons (Fsp3) is 0.818. The zero-order chi connectivity index (χ0) is 12.3. The maximum atomic E-state index is 11.5. The van der Waals surface area contributed by atoms with Crippen LogP contribution in [-0.2, 0) is 9.53 Å². The Kier molecular flexibility index (Phi) is 3.78. The molecule has 5 heteroatoms. The van der Waals surface area contributed by atoms with Gasteiger partial charge in [-0.05, 0) is 40.5 Å². The summed E-state index contributed by atoms with van der Waals surface area (Å²) in [5.41, 5.74) is -0.545. The van der Waals surface area contributed by atoms with Gasteiger partial charge in [0.25, 0.3) is 0 Å². The van der Waals surface area contributed by atoms with Crippen LogP contribution in [0.1, 0.15) is 40.5 Å². The van der Waals surface area contributed by atoms with Crippen molar-refractivity contribution in [1.82, 2.24) is 10.6 Å². The molecule has 0 saturated heterocycles. The minimum Gasteiger partial charge on any atom is -0.444 e. The topological polar surface area (TPSA) is 67.4 Å². The summed E-state index contributed by atoms with van der Waals surface area (Å²) in [6, 6.07) is -0.258. The summed E-state index contributed by atoms with van der Waals surface area (Å²) >= 11 is 0. The summed E-state index contributed by atoms with van der Waals surface area (Å²) < 4.78 is 5.05.